The van der Waals surface area contributed by atoms with Crippen LogP contribution >= 0.6 is 23.2 Å². The van der Waals surface area contributed by atoms with Gasteiger partial charge in [-0.3, -0.25) is 9.00 Å². The van der Waals surface area contributed by atoms with Crippen LogP contribution in [0.5, 0.6) is 0 Å². The van der Waals surface area contributed by atoms with Gasteiger partial charge in [0.2, 0.25) is 0 Å². The summed E-state index contributed by atoms with van der Waals surface area (Å²) in [6.07, 6.45) is 1.58. The topological polar surface area (TPSA) is 59.1 Å². The standard InChI is InChI=1S/C10H12Cl2N2O2S/c1-6(5-17(2)16)13-10(15)7-3-4-8(11)14-9(7)12/h3-4,6H,5H2,1-2H3,(H,13,15). The van der Waals surface area contributed by atoms with E-state index in [1.54, 1.807) is 13.2 Å². The summed E-state index contributed by atoms with van der Waals surface area (Å²) < 4.78 is 11.0. The molecule has 2 atom stereocenters. The van der Waals surface area contributed by atoms with Crippen molar-refractivity contribution in [3.8, 4) is 0 Å². The van der Waals surface area contributed by atoms with Crippen molar-refractivity contribution in [2.24, 2.45) is 0 Å². The normalized spacial score (nSPS) is 14.1. The first kappa shape index (κ1) is 14.4. The van der Waals surface area contributed by atoms with E-state index in [4.69, 9.17) is 23.2 Å². The first-order valence-corrected chi connectivity index (χ1v) is 7.31. The Hall–Kier alpha value is -0.650. The number of hydrogen-bond donors (Lipinski definition) is 1. The molecule has 1 heterocycles. The van der Waals surface area contributed by atoms with Crippen molar-refractivity contribution in [1.29, 1.82) is 0 Å². The first-order chi connectivity index (χ1) is 7.90. The minimum absolute atomic E-state index is 0.0554. The molecule has 17 heavy (non-hydrogen) atoms. The summed E-state index contributed by atoms with van der Waals surface area (Å²) in [5, 5.41) is 2.97. The van der Waals surface area contributed by atoms with Crippen LogP contribution in [0.1, 0.15) is 17.3 Å². The van der Waals surface area contributed by atoms with Crippen LogP contribution in [0.4, 0.5) is 0 Å². The average Bonchev–Trinajstić information content (AvgIpc) is 2.15. The predicted octanol–water partition coefficient (Wildman–Crippen LogP) is 1.89. The molecule has 1 aromatic rings. The smallest absolute Gasteiger partial charge is 0.254 e. The van der Waals surface area contributed by atoms with Crippen LogP contribution in [-0.2, 0) is 10.8 Å². The summed E-state index contributed by atoms with van der Waals surface area (Å²) >= 11 is 11.4. The highest BCUT2D eigenvalue weighted by atomic mass is 35.5. The van der Waals surface area contributed by atoms with E-state index < -0.39 is 10.8 Å². The van der Waals surface area contributed by atoms with Crippen LogP contribution in [0.2, 0.25) is 10.3 Å². The van der Waals surface area contributed by atoms with Gasteiger partial charge in [0.25, 0.3) is 5.91 Å². The highest BCUT2D eigenvalue weighted by molar-refractivity contribution is 7.84. The number of carbonyl (C=O) groups is 1. The molecule has 0 aliphatic carbocycles. The molecule has 1 aromatic heterocycles. The van der Waals surface area contributed by atoms with Gasteiger partial charge in [-0.15, -0.1) is 0 Å². The first-order valence-electron chi connectivity index (χ1n) is 4.83. The third-order valence-corrected chi connectivity index (χ3v) is 3.39. The average molecular weight is 295 g/mol. The number of hydrogen-bond acceptors (Lipinski definition) is 3. The van der Waals surface area contributed by atoms with Gasteiger partial charge in [-0.2, -0.15) is 0 Å². The van der Waals surface area contributed by atoms with Gasteiger partial charge in [0, 0.05) is 28.9 Å². The van der Waals surface area contributed by atoms with E-state index in [1.165, 1.54) is 12.1 Å². The molecule has 4 nitrogen and oxygen atoms in total. The molecule has 0 saturated heterocycles. The zero-order valence-electron chi connectivity index (χ0n) is 9.37. The van der Waals surface area contributed by atoms with E-state index in [1.807, 2.05) is 0 Å². The maximum atomic E-state index is 11.8. The molecular formula is C10H12Cl2N2O2S. The summed E-state index contributed by atoms with van der Waals surface area (Å²) in [7, 11) is -0.962. The fraction of sp³-hybridized carbons (Fsp3) is 0.400. The molecule has 0 spiro atoms. The van der Waals surface area contributed by atoms with E-state index in [-0.39, 0.29) is 27.8 Å². The minimum atomic E-state index is -0.962. The van der Waals surface area contributed by atoms with E-state index in [0.29, 0.717) is 5.75 Å². The molecule has 0 saturated carbocycles. The van der Waals surface area contributed by atoms with Crippen molar-refractivity contribution >= 4 is 39.9 Å². The van der Waals surface area contributed by atoms with Crippen LogP contribution in [-0.4, -0.2) is 33.2 Å². The van der Waals surface area contributed by atoms with Gasteiger partial charge in [-0.05, 0) is 19.1 Å². The third-order valence-electron chi connectivity index (χ3n) is 1.92. The molecule has 0 fully saturated rings. The van der Waals surface area contributed by atoms with Gasteiger partial charge in [0.05, 0.1) is 5.56 Å². The van der Waals surface area contributed by atoms with Crippen LogP contribution < -0.4 is 5.32 Å². The molecule has 0 aliphatic rings. The Kier molecular flexibility index (Phi) is 5.36. The number of nitrogens with zero attached hydrogens (tertiary/aromatic N) is 1. The lowest BCUT2D eigenvalue weighted by atomic mass is 10.2. The van der Waals surface area contributed by atoms with Crippen LogP contribution in [0.3, 0.4) is 0 Å². The Morgan fingerprint density at radius 3 is 2.71 bits per heavy atom. The Balaban J connectivity index is 2.73. The van der Waals surface area contributed by atoms with Crippen LogP contribution in [0.15, 0.2) is 12.1 Å². The van der Waals surface area contributed by atoms with Crippen molar-refractivity contribution in [1.82, 2.24) is 10.3 Å². The number of halogens is 2. The zero-order chi connectivity index (χ0) is 13.0. The van der Waals surface area contributed by atoms with Crippen molar-refractivity contribution in [3.05, 3.63) is 28.0 Å². The minimum Gasteiger partial charge on any atom is -0.349 e. The number of pyridine rings is 1. The molecule has 0 aromatic carbocycles. The second-order valence-electron chi connectivity index (χ2n) is 3.59. The van der Waals surface area contributed by atoms with E-state index in [2.05, 4.69) is 10.3 Å². The number of carbonyl (C=O) groups excluding carboxylic acids is 1. The molecule has 0 bridgehead atoms. The fourth-order valence-corrected chi connectivity index (χ4v) is 2.49. The lowest BCUT2D eigenvalue weighted by Gasteiger charge is -2.12. The molecule has 1 N–H and O–H groups in total. The molecule has 7 heteroatoms. The van der Waals surface area contributed by atoms with E-state index >= 15 is 0 Å². The number of aromatic nitrogens is 1. The molecular weight excluding hydrogens is 283 g/mol. The van der Waals surface area contributed by atoms with Crippen LogP contribution in [0, 0.1) is 0 Å². The van der Waals surface area contributed by atoms with Crippen LogP contribution in [0.25, 0.3) is 0 Å². The lowest BCUT2D eigenvalue weighted by molar-refractivity contribution is 0.0943. The second-order valence-corrected chi connectivity index (χ2v) is 5.81. The summed E-state index contributed by atoms with van der Waals surface area (Å²) in [6.45, 7) is 1.77. The second kappa shape index (κ2) is 6.33. The molecule has 94 valence electrons. The van der Waals surface area contributed by atoms with Gasteiger partial charge in [-0.25, -0.2) is 4.98 Å². The Morgan fingerprint density at radius 2 is 2.18 bits per heavy atom. The summed E-state index contributed by atoms with van der Waals surface area (Å²) in [6, 6.07) is 2.80. The number of amides is 1. The zero-order valence-corrected chi connectivity index (χ0v) is 11.7. The monoisotopic (exact) mass is 294 g/mol. The molecule has 1 amide bonds. The summed E-state index contributed by atoms with van der Waals surface area (Å²) in [5.41, 5.74) is 0.254. The SMILES string of the molecule is CC(CS(C)=O)NC(=O)c1ccc(Cl)nc1Cl. The highest BCUT2D eigenvalue weighted by Crippen LogP contribution is 2.16. The molecule has 0 radical (unpaired) electrons. The third kappa shape index (κ3) is 4.61. The Morgan fingerprint density at radius 1 is 1.53 bits per heavy atom. The Bertz CT molecular complexity index is 454. The molecule has 2 unspecified atom stereocenters. The van der Waals surface area contributed by atoms with Gasteiger partial charge in [0.1, 0.15) is 10.3 Å². The highest BCUT2D eigenvalue weighted by Gasteiger charge is 2.14. The Labute approximate surface area is 112 Å². The summed E-state index contributed by atoms with van der Waals surface area (Å²) in [4.78, 5) is 15.6. The predicted molar refractivity (Wildman–Crippen MR) is 70.1 cm³/mol. The van der Waals surface area contributed by atoms with Gasteiger partial charge in [0.15, 0.2) is 0 Å². The lowest BCUT2D eigenvalue weighted by Crippen LogP contribution is -2.36. The molecule has 1 rings (SSSR count). The quantitative estimate of drug-likeness (QED) is 0.863. The van der Waals surface area contributed by atoms with Crippen molar-refractivity contribution in [3.63, 3.8) is 0 Å². The van der Waals surface area contributed by atoms with Crippen molar-refractivity contribution in [2.75, 3.05) is 12.0 Å². The van der Waals surface area contributed by atoms with Gasteiger partial charge < -0.3 is 5.32 Å². The van der Waals surface area contributed by atoms with E-state index in [0.717, 1.165) is 0 Å². The van der Waals surface area contributed by atoms with Gasteiger partial charge >= 0.3 is 0 Å². The number of rotatable bonds is 4. The van der Waals surface area contributed by atoms with Gasteiger partial charge in [-0.1, -0.05) is 23.2 Å². The number of nitrogens with one attached hydrogen (secondary N) is 1. The summed E-state index contributed by atoms with van der Waals surface area (Å²) in [5.74, 6) is 0.0433. The van der Waals surface area contributed by atoms with Crippen molar-refractivity contribution in [2.45, 2.75) is 13.0 Å². The largest absolute Gasteiger partial charge is 0.349 e. The maximum Gasteiger partial charge on any atom is 0.254 e. The van der Waals surface area contributed by atoms with Crippen molar-refractivity contribution < 1.29 is 9.00 Å². The van der Waals surface area contributed by atoms with E-state index in [9.17, 15) is 9.00 Å². The maximum absolute atomic E-state index is 11.8. The fourth-order valence-electron chi connectivity index (χ4n) is 1.28. The molecule has 0 aliphatic heterocycles.